The lowest BCUT2D eigenvalue weighted by molar-refractivity contribution is -0.113. The quantitative estimate of drug-likeness (QED) is 0.571. The smallest absolute Gasteiger partial charge is 0.271 e. The molecule has 0 spiro atoms. The Balaban J connectivity index is 1.58. The molecule has 2 aliphatic carbocycles. The molecule has 4 N–H and O–H groups in total. The summed E-state index contributed by atoms with van der Waals surface area (Å²) in [6, 6.07) is 0.826. The van der Waals surface area contributed by atoms with E-state index in [2.05, 4.69) is 20.6 Å². The van der Waals surface area contributed by atoms with Gasteiger partial charge in [-0.15, -0.1) is 5.10 Å². The zero-order valence-corrected chi connectivity index (χ0v) is 16.0. The first-order valence-corrected chi connectivity index (χ1v) is 9.57. The molecule has 2 heterocycles. The number of halogens is 1. The summed E-state index contributed by atoms with van der Waals surface area (Å²) >= 11 is 0. The van der Waals surface area contributed by atoms with Crippen molar-refractivity contribution in [3.05, 3.63) is 51.6 Å². The molecule has 10 heteroatoms. The molecule has 0 bridgehead atoms. The van der Waals surface area contributed by atoms with Crippen molar-refractivity contribution in [2.24, 2.45) is 17.6 Å². The number of nitrogens with one attached hydrogen (secondary N) is 2. The van der Waals surface area contributed by atoms with E-state index in [0.717, 1.165) is 31.3 Å². The van der Waals surface area contributed by atoms with Crippen LogP contribution in [0.4, 0.5) is 10.1 Å². The normalized spacial score (nSPS) is 17.0. The Morgan fingerprint density at radius 3 is 2.69 bits per heavy atom. The van der Waals surface area contributed by atoms with Crippen LogP contribution in [0.15, 0.2) is 34.5 Å². The van der Waals surface area contributed by atoms with Crippen molar-refractivity contribution in [3.8, 4) is 0 Å². The predicted molar refractivity (Wildman–Crippen MR) is 102 cm³/mol. The fourth-order valence-electron chi connectivity index (χ4n) is 3.58. The predicted octanol–water partition coefficient (Wildman–Crippen LogP) is 1.31. The Morgan fingerprint density at radius 2 is 2.10 bits per heavy atom. The van der Waals surface area contributed by atoms with Gasteiger partial charge in [-0.05, 0) is 49.2 Å². The monoisotopic (exact) mass is 402 g/mol. The number of nitrogens with two attached hydrogens (primary N) is 1. The summed E-state index contributed by atoms with van der Waals surface area (Å²) in [5.74, 6) is -0.630. The lowest BCUT2D eigenvalue weighted by Gasteiger charge is -2.15. The number of aromatic nitrogens is 4. The lowest BCUT2D eigenvalue weighted by atomic mass is 10.0. The van der Waals surface area contributed by atoms with E-state index in [4.69, 9.17) is 10.5 Å². The van der Waals surface area contributed by atoms with Gasteiger partial charge >= 0.3 is 0 Å². The number of carbonyl (C=O) groups excluding carboxylic acids is 1. The number of H-pyrrole nitrogens is 1. The molecule has 2 saturated carbocycles. The second kappa shape index (κ2) is 7.78. The van der Waals surface area contributed by atoms with Crippen molar-refractivity contribution in [2.75, 3.05) is 19.0 Å². The number of allylic oxidation sites excluding steroid dienone is 1. The highest BCUT2D eigenvalue weighted by molar-refractivity contribution is 6.03. The van der Waals surface area contributed by atoms with Gasteiger partial charge in [0.15, 0.2) is 0 Å². The number of hydrogen-bond donors (Lipinski definition) is 3. The minimum absolute atomic E-state index is 0.0805. The molecule has 1 amide bonds. The van der Waals surface area contributed by atoms with E-state index in [1.54, 1.807) is 0 Å². The largest absolute Gasteiger partial charge is 0.394 e. The molecule has 2 aromatic heterocycles. The van der Waals surface area contributed by atoms with E-state index in [9.17, 15) is 14.0 Å². The Hall–Kier alpha value is -3.01. The first-order valence-electron chi connectivity index (χ1n) is 9.57. The van der Waals surface area contributed by atoms with E-state index in [1.165, 1.54) is 30.3 Å². The summed E-state index contributed by atoms with van der Waals surface area (Å²) in [5.41, 5.74) is 7.08. The fraction of sp³-hybridized carbons (Fsp3) is 0.474. The molecule has 2 aromatic rings. The SMILES string of the molecule is COC[C@@H](c1ccn[nH]c1=O)n1cc(NC(=O)C(N)=C(C2CC2)C2CC2)c(F)n1. The van der Waals surface area contributed by atoms with E-state index in [1.807, 2.05) is 0 Å². The number of nitrogens with zero attached hydrogens (tertiary/aromatic N) is 3. The Kier molecular flexibility index (Phi) is 5.18. The molecule has 0 aromatic carbocycles. The van der Waals surface area contributed by atoms with Crippen molar-refractivity contribution in [2.45, 2.75) is 31.7 Å². The standard InChI is InChI=1S/C19H23FN6O3/c1-29-9-14(12-6-7-22-24-18(12)27)26-8-13(17(20)25-26)23-19(28)16(21)15(10-2-3-10)11-4-5-11/h6-8,10-11,14H,2-5,9,21H2,1H3,(H,23,28)(H,24,27)/t14-/m0/s1. The number of methoxy groups -OCH3 is 1. The minimum atomic E-state index is -0.864. The number of aromatic amines is 1. The number of anilines is 1. The summed E-state index contributed by atoms with van der Waals surface area (Å²) in [5, 5.41) is 12.3. The van der Waals surface area contributed by atoms with Gasteiger partial charge in [0.05, 0.1) is 18.5 Å². The Bertz CT molecular complexity index is 991. The number of rotatable bonds is 8. The van der Waals surface area contributed by atoms with Gasteiger partial charge in [0.1, 0.15) is 11.7 Å². The molecule has 2 aliphatic rings. The van der Waals surface area contributed by atoms with Crippen LogP contribution in [0.2, 0.25) is 0 Å². The maximum atomic E-state index is 14.5. The summed E-state index contributed by atoms with van der Waals surface area (Å²) in [7, 11) is 1.47. The van der Waals surface area contributed by atoms with Gasteiger partial charge in [0.2, 0.25) is 0 Å². The van der Waals surface area contributed by atoms with Crippen LogP contribution in [-0.4, -0.2) is 39.6 Å². The zero-order valence-electron chi connectivity index (χ0n) is 16.0. The van der Waals surface area contributed by atoms with Crippen molar-refractivity contribution < 1.29 is 13.9 Å². The molecule has 9 nitrogen and oxygen atoms in total. The Morgan fingerprint density at radius 1 is 1.41 bits per heavy atom. The molecule has 0 aliphatic heterocycles. The van der Waals surface area contributed by atoms with E-state index < -0.39 is 23.5 Å². The molecule has 2 fully saturated rings. The number of amides is 1. The average Bonchev–Trinajstić information content (AvgIpc) is 3.62. The first kappa shape index (κ1) is 19.3. The lowest BCUT2D eigenvalue weighted by Crippen LogP contribution is -2.25. The van der Waals surface area contributed by atoms with Crippen LogP contribution in [0.3, 0.4) is 0 Å². The van der Waals surface area contributed by atoms with Crippen molar-refractivity contribution >= 4 is 11.6 Å². The molecule has 0 unspecified atom stereocenters. The second-order valence-electron chi connectivity index (χ2n) is 7.50. The van der Waals surface area contributed by atoms with Gasteiger partial charge in [-0.25, -0.2) is 5.10 Å². The molecular formula is C19H23FN6O3. The number of hydrogen-bond acceptors (Lipinski definition) is 6. The molecule has 29 heavy (non-hydrogen) atoms. The van der Waals surface area contributed by atoms with Crippen LogP contribution in [-0.2, 0) is 9.53 Å². The van der Waals surface area contributed by atoms with Crippen molar-refractivity contribution in [1.29, 1.82) is 0 Å². The van der Waals surface area contributed by atoms with Crippen molar-refractivity contribution in [1.82, 2.24) is 20.0 Å². The third kappa shape index (κ3) is 4.07. The van der Waals surface area contributed by atoms with Gasteiger partial charge < -0.3 is 15.8 Å². The number of carbonyl (C=O) groups is 1. The second-order valence-corrected chi connectivity index (χ2v) is 7.50. The number of ether oxygens (including phenoxy) is 1. The van der Waals surface area contributed by atoms with E-state index in [0.29, 0.717) is 17.4 Å². The van der Waals surface area contributed by atoms with Crippen LogP contribution in [0.1, 0.15) is 37.3 Å². The van der Waals surface area contributed by atoms with Crippen LogP contribution in [0.25, 0.3) is 0 Å². The zero-order chi connectivity index (χ0) is 20.5. The summed E-state index contributed by atoms with van der Waals surface area (Å²) in [4.78, 5) is 24.7. The van der Waals surface area contributed by atoms with Gasteiger partial charge in [-0.2, -0.15) is 9.49 Å². The third-order valence-corrected chi connectivity index (χ3v) is 5.28. The molecule has 0 radical (unpaired) electrons. The van der Waals surface area contributed by atoms with E-state index in [-0.39, 0.29) is 18.0 Å². The van der Waals surface area contributed by atoms with Gasteiger partial charge in [0, 0.05) is 18.9 Å². The van der Waals surface area contributed by atoms with Crippen LogP contribution >= 0.6 is 0 Å². The Labute approximate surface area is 166 Å². The summed E-state index contributed by atoms with van der Waals surface area (Å²) in [6.07, 6.45) is 6.94. The maximum absolute atomic E-state index is 14.5. The maximum Gasteiger partial charge on any atom is 0.271 e. The minimum Gasteiger partial charge on any atom is -0.394 e. The van der Waals surface area contributed by atoms with Crippen LogP contribution in [0.5, 0.6) is 0 Å². The summed E-state index contributed by atoms with van der Waals surface area (Å²) < 4.78 is 20.9. The highest BCUT2D eigenvalue weighted by atomic mass is 19.1. The molecule has 1 atom stereocenters. The molecule has 0 saturated heterocycles. The van der Waals surface area contributed by atoms with Crippen LogP contribution in [0, 0.1) is 17.8 Å². The van der Waals surface area contributed by atoms with Crippen molar-refractivity contribution in [3.63, 3.8) is 0 Å². The molecule has 154 valence electrons. The van der Waals surface area contributed by atoms with Gasteiger partial charge in [-0.1, -0.05) is 0 Å². The summed E-state index contributed by atoms with van der Waals surface area (Å²) in [6.45, 7) is 0.0805. The molecule has 4 rings (SSSR count). The molecular weight excluding hydrogens is 379 g/mol. The highest BCUT2D eigenvalue weighted by Gasteiger charge is 2.39. The first-order chi connectivity index (χ1) is 14.0. The third-order valence-electron chi connectivity index (χ3n) is 5.28. The average molecular weight is 402 g/mol. The van der Waals surface area contributed by atoms with Crippen LogP contribution < -0.4 is 16.6 Å². The van der Waals surface area contributed by atoms with Gasteiger partial charge in [0.25, 0.3) is 17.4 Å². The fourth-order valence-corrected chi connectivity index (χ4v) is 3.58. The van der Waals surface area contributed by atoms with E-state index >= 15 is 0 Å². The topological polar surface area (TPSA) is 128 Å². The van der Waals surface area contributed by atoms with Gasteiger partial charge in [-0.3, -0.25) is 14.3 Å². The highest BCUT2D eigenvalue weighted by Crippen LogP contribution is 2.49.